The number of thioether (sulfide) groups is 1. The monoisotopic (exact) mass is 412 g/mol. The molecule has 3 aliphatic rings. The Balaban J connectivity index is 1.34. The summed E-state index contributed by atoms with van der Waals surface area (Å²) >= 11 is 1.61. The quantitative estimate of drug-likeness (QED) is 0.696. The van der Waals surface area contributed by atoms with Crippen LogP contribution < -0.4 is 4.90 Å². The standard InChI is InChI=1S/C22H28N4O2S/c1-29-13-19(27)25-11-18-12-26(21-23-20(28-24-21)17-7-8-17)15-22(18,14-25)10-9-16-5-3-2-4-6-16/h2-6,17-18H,7-15H2,1H3. The lowest BCUT2D eigenvalue weighted by molar-refractivity contribution is -0.127. The second-order valence-corrected chi connectivity index (χ2v) is 9.71. The summed E-state index contributed by atoms with van der Waals surface area (Å²) in [6.07, 6.45) is 6.44. The molecule has 29 heavy (non-hydrogen) atoms. The van der Waals surface area contributed by atoms with Gasteiger partial charge in [-0.2, -0.15) is 16.7 Å². The third-order valence-corrected chi connectivity index (χ3v) is 7.31. The van der Waals surface area contributed by atoms with E-state index in [-0.39, 0.29) is 11.3 Å². The van der Waals surface area contributed by atoms with E-state index in [0.29, 0.717) is 17.6 Å². The number of anilines is 1. The fraction of sp³-hybridized carbons (Fsp3) is 0.591. The van der Waals surface area contributed by atoms with Gasteiger partial charge in [-0.1, -0.05) is 30.3 Å². The summed E-state index contributed by atoms with van der Waals surface area (Å²) < 4.78 is 5.51. The van der Waals surface area contributed by atoms with Gasteiger partial charge in [0.15, 0.2) is 0 Å². The van der Waals surface area contributed by atoms with E-state index in [1.807, 2.05) is 6.26 Å². The highest BCUT2D eigenvalue weighted by molar-refractivity contribution is 7.99. The van der Waals surface area contributed by atoms with Crippen LogP contribution in [-0.2, 0) is 11.2 Å². The number of amides is 1. The first-order valence-electron chi connectivity index (χ1n) is 10.6. The van der Waals surface area contributed by atoms with Crippen LogP contribution in [0.4, 0.5) is 5.95 Å². The fourth-order valence-corrected chi connectivity index (χ4v) is 5.41. The second-order valence-electron chi connectivity index (χ2n) is 8.84. The zero-order valence-corrected chi connectivity index (χ0v) is 17.7. The van der Waals surface area contributed by atoms with Crippen molar-refractivity contribution in [3.05, 3.63) is 41.8 Å². The van der Waals surface area contributed by atoms with Crippen molar-refractivity contribution in [2.45, 2.75) is 31.6 Å². The molecule has 154 valence electrons. The predicted molar refractivity (Wildman–Crippen MR) is 114 cm³/mol. The molecule has 2 aliphatic heterocycles. The Morgan fingerprint density at radius 3 is 2.83 bits per heavy atom. The topological polar surface area (TPSA) is 62.5 Å². The second kappa shape index (κ2) is 7.67. The lowest BCUT2D eigenvalue weighted by atomic mass is 9.76. The Bertz CT molecular complexity index is 869. The van der Waals surface area contributed by atoms with Crippen LogP contribution in [0.25, 0.3) is 0 Å². The Labute approximate surface area is 176 Å². The predicted octanol–water partition coefficient (Wildman–Crippen LogP) is 3.21. The number of hydrogen-bond acceptors (Lipinski definition) is 6. The Kier molecular flexibility index (Phi) is 5.02. The van der Waals surface area contributed by atoms with Crippen molar-refractivity contribution in [3.8, 4) is 0 Å². The summed E-state index contributed by atoms with van der Waals surface area (Å²) in [5.74, 6) is 3.31. The molecule has 6 nitrogen and oxygen atoms in total. The Hall–Kier alpha value is -2.02. The summed E-state index contributed by atoms with van der Waals surface area (Å²) in [4.78, 5) is 21.6. The molecule has 1 aromatic heterocycles. The van der Waals surface area contributed by atoms with Crippen LogP contribution in [0.3, 0.4) is 0 Å². The first-order chi connectivity index (χ1) is 14.2. The van der Waals surface area contributed by atoms with Gasteiger partial charge in [0.05, 0.1) is 5.75 Å². The average Bonchev–Trinajstić information content (AvgIpc) is 3.20. The van der Waals surface area contributed by atoms with Gasteiger partial charge < -0.3 is 14.3 Å². The van der Waals surface area contributed by atoms with Crippen molar-refractivity contribution < 1.29 is 9.32 Å². The molecule has 2 aromatic rings. The van der Waals surface area contributed by atoms with Crippen LogP contribution in [0.2, 0.25) is 0 Å². The molecule has 7 heteroatoms. The number of carbonyl (C=O) groups excluding carboxylic acids is 1. The molecule has 0 spiro atoms. The molecule has 1 aromatic carbocycles. The van der Waals surface area contributed by atoms with Gasteiger partial charge in [0.2, 0.25) is 11.8 Å². The lowest BCUT2D eigenvalue weighted by Gasteiger charge is -2.29. The fourth-order valence-electron chi connectivity index (χ4n) is 4.98. The molecular formula is C22H28N4O2S. The summed E-state index contributed by atoms with van der Waals surface area (Å²) in [6, 6.07) is 10.7. The molecule has 2 saturated heterocycles. The number of nitrogens with zero attached hydrogens (tertiary/aromatic N) is 4. The SMILES string of the molecule is CSCC(=O)N1CC2CN(c3noc(C4CC4)n3)CC2(CCc2ccccc2)C1. The highest BCUT2D eigenvalue weighted by Gasteiger charge is 2.53. The minimum absolute atomic E-state index is 0.101. The van der Waals surface area contributed by atoms with Crippen molar-refractivity contribution in [3.63, 3.8) is 0 Å². The third kappa shape index (κ3) is 3.77. The van der Waals surface area contributed by atoms with E-state index in [4.69, 9.17) is 4.52 Å². The minimum atomic E-state index is 0.101. The van der Waals surface area contributed by atoms with Crippen molar-refractivity contribution in [2.75, 3.05) is 43.1 Å². The van der Waals surface area contributed by atoms with Crippen LogP contribution in [0, 0.1) is 11.3 Å². The molecule has 3 fully saturated rings. The van der Waals surface area contributed by atoms with E-state index in [1.165, 1.54) is 5.56 Å². The van der Waals surface area contributed by atoms with Gasteiger partial charge >= 0.3 is 0 Å². The van der Waals surface area contributed by atoms with Crippen LogP contribution in [0.5, 0.6) is 0 Å². The van der Waals surface area contributed by atoms with Crippen molar-refractivity contribution in [1.29, 1.82) is 0 Å². The maximum absolute atomic E-state index is 12.6. The molecule has 2 atom stereocenters. The molecule has 2 unspecified atom stereocenters. The molecule has 5 rings (SSSR count). The van der Waals surface area contributed by atoms with Crippen molar-refractivity contribution in [1.82, 2.24) is 15.0 Å². The number of aryl methyl sites for hydroxylation is 1. The van der Waals surface area contributed by atoms with E-state index in [0.717, 1.165) is 63.7 Å². The number of rotatable bonds is 7. The van der Waals surface area contributed by atoms with E-state index in [9.17, 15) is 4.79 Å². The maximum atomic E-state index is 12.6. The summed E-state index contributed by atoms with van der Waals surface area (Å²) in [5.41, 5.74) is 1.47. The lowest BCUT2D eigenvalue weighted by Crippen LogP contribution is -2.38. The first-order valence-corrected chi connectivity index (χ1v) is 12.0. The normalized spacial score (nSPS) is 26.2. The van der Waals surface area contributed by atoms with Crippen LogP contribution in [0.1, 0.15) is 36.6 Å². The highest BCUT2D eigenvalue weighted by Crippen LogP contribution is 2.47. The number of hydrogen-bond donors (Lipinski definition) is 0. The van der Waals surface area contributed by atoms with Crippen LogP contribution in [-0.4, -0.2) is 59.1 Å². The Morgan fingerprint density at radius 2 is 2.07 bits per heavy atom. The molecule has 0 bridgehead atoms. The van der Waals surface area contributed by atoms with Gasteiger partial charge in [0.1, 0.15) is 0 Å². The third-order valence-electron chi connectivity index (χ3n) is 6.77. The highest BCUT2D eigenvalue weighted by atomic mass is 32.2. The minimum Gasteiger partial charge on any atom is -0.341 e. The van der Waals surface area contributed by atoms with Crippen molar-refractivity contribution in [2.24, 2.45) is 11.3 Å². The molecular weight excluding hydrogens is 384 g/mol. The van der Waals surface area contributed by atoms with Gasteiger partial charge in [-0.25, -0.2) is 0 Å². The molecule has 1 amide bonds. The zero-order valence-electron chi connectivity index (χ0n) is 16.9. The number of benzene rings is 1. The summed E-state index contributed by atoms with van der Waals surface area (Å²) in [7, 11) is 0. The van der Waals surface area contributed by atoms with Gasteiger partial charge in [-0.15, -0.1) is 0 Å². The molecule has 1 aliphatic carbocycles. The van der Waals surface area contributed by atoms with E-state index >= 15 is 0 Å². The van der Waals surface area contributed by atoms with Gasteiger partial charge in [-0.3, -0.25) is 4.79 Å². The summed E-state index contributed by atoms with van der Waals surface area (Å²) in [5, 5.41) is 4.28. The van der Waals surface area contributed by atoms with Crippen LogP contribution in [0.15, 0.2) is 34.9 Å². The average molecular weight is 413 g/mol. The largest absolute Gasteiger partial charge is 0.341 e. The molecule has 3 heterocycles. The number of likely N-dealkylation sites (tertiary alicyclic amines) is 1. The summed E-state index contributed by atoms with van der Waals surface area (Å²) in [6.45, 7) is 3.49. The van der Waals surface area contributed by atoms with Gasteiger partial charge in [0, 0.05) is 43.4 Å². The van der Waals surface area contributed by atoms with Crippen molar-refractivity contribution >= 4 is 23.6 Å². The molecule has 0 N–H and O–H groups in total. The molecule has 0 radical (unpaired) electrons. The zero-order chi connectivity index (χ0) is 19.8. The Morgan fingerprint density at radius 1 is 1.24 bits per heavy atom. The van der Waals surface area contributed by atoms with Crippen LogP contribution >= 0.6 is 11.8 Å². The van der Waals surface area contributed by atoms with E-state index < -0.39 is 0 Å². The van der Waals surface area contributed by atoms with Gasteiger partial charge in [-0.05, 0) is 42.7 Å². The number of carbonyl (C=O) groups is 1. The number of fused-ring (bicyclic) bond motifs is 1. The smallest absolute Gasteiger partial charge is 0.266 e. The van der Waals surface area contributed by atoms with Gasteiger partial charge in [0.25, 0.3) is 5.95 Å². The van der Waals surface area contributed by atoms with E-state index in [1.54, 1.807) is 11.8 Å². The first kappa shape index (κ1) is 19.0. The molecule has 1 saturated carbocycles. The maximum Gasteiger partial charge on any atom is 0.266 e. The number of aromatic nitrogens is 2. The van der Waals surface area contributed by atoms with E-state index in [2.05, 4.69) is 50.3 Å².